The van der Waals surface area contributed by atoms with Crippen LogP contribution in [-0.4, -0.2) is 40.6 Å². The van der Waals surface area contributed by atoms with Crippen LogP contribution < -0.4 is 10.5 Å². The molecule has 0 spiro atoms. The third-order valence-corrected chi connectivity index (χ3v) is 5.79. The molecule has 0 bridgehead atoms. The lowest BCUT2D eigenvalue weighted by Crippen LogP contribution is -2.47. The molecular formula is C22H21ClFN5O. The van der Waals surface area contributed by atoms with Crippen LogP contribution in [0, 0.1) is 24.1 Å². The fraction of sp³-hybridized carbons (Fsp3) is 0.318. The predicted molar refractivity (Wildman–Crippen MR) is 115 cm³/mol. The van der Waals surface area contributed by atoms with Crippen LogP contribution >= 0.6 is 11.6 Å². The zero-order valence-corrected chi connectivity index (χ0v) is 17.6. The van der Waals surface area contributed by atoms with Crippen molar-refractivity contribution in [3.63, 3.8) is 0 Å². The van der Waals surface area contributed by atoms with Crippen LogP contribution in [0.5, 0.6) is 0 Å². The van der Waals surface area contributed by atoms with E-state index in [0.29, 0.717) is 60.2 Å². The zero-order valence-electron chi connectivity index (χ0n) is 16.8. The van der Waals surface area contributed by atoms with Crippen LogP contribution in [0.25, 0.3) is 11.0 Å². The number of fused-ring (bicyclic) bond motifs is 1. The highest BCUT2D eigenvalue weighted by atomic mass is 35.5. The topological polar surface area (TPSA) is 65.2 Å². The van der Waals surface area contributed by atoms with Gasteiger partial charge in [0.1, 0.15) is 28.1 Å². The second-order valence-electron chi connectivity index (χ2n) is 7.56. The molecule has 1 aromatic carbocycles. The Bertz CT molecular complexity index is 1220. The molecule has 1 aliphatic rings. The molecule has 1 fully saturated rings. The minimum atomic E-state index is -0.353. The van der Waals surface area contributed by atoms with Gasteiger partial charge in [-0.05, 0) is 25.1 Å². The van der Waals surface area contributed by atoms with Gasteiger partial charge in [-0.1, -0.05) is 29.3 Å². The van der Waals surface area contributed by atoms with Crippen LogP contribution in [0.15, 0.2) is 35.1 Å². The van der Waals surface area contributed by atoms with Gasteiger partial charge in [-0.2, -0.15) is 5.26 Å². The van der Waals surface area contributed by atoms with Gasteiger partial charge < -0.3 is 9.47 Å². The van der Waals surface area contributed by atoms with Crippen LogP contribution in [0.3, 0.4) is 0 Å². The SMILES string of the molecule is Cc1ccc(F)c(CN2CCN(c3c(C#N)c(=O)n(C)c4ccc(Cl)nc34)CC2)c1. The van der Waals surface area contributed by atoms with E-state index >= 15 is 0 Å². The number of anilines is 1. The van der Waals surface area contributed by atoms with Crippen LogP contribution in [0.4, 0.5) is 10.1 Å². The normalized spacial score (nSPS) is 14.8. The first-order chi connectivity index (χ1) is 14.4. The Morgan fingerprint density at radius 3 is 2.63 bits per heavy atom. The Morgan fingerprint density at radius 2 is 1.93 bits per heavy atom. The van der Waals surface area contributed by atoms with Crippen molar-refractivity contribution in [3.05, 3.63) is 68.3 Å². The molecule has 0 N–H and O–H groups in total. The maximum absolute atomic E-state index is 14.1. The third-order valence-electron chi connectivity index (χ3n) is 5.58. The molecule has 0 saturated carbocycles. The molecule has 6 nitrogen and oxygen atoms in total. The Balaban J connectivity index is 1.64. The van der Waals surface area contributed by atoms with Crippen LogP contribution in [0.1, 0.15) is 16.7 Å². The molecule has 0 radical (unpaired) electrons. The zero-order chi connectivity index (χ0) is 21.4. The number of benzene rings is 1. The van der Waals surface area contributed by atoms with Crippen LogP contribution in [-0.2, 0) is 13.6 Å². The van der Waals surface area contributed by atoms with E-state index in [1.54, 1.807) is 25.2 Å². The highest BCUT2D eigenvalue weighted by molar-refractivity contribution is 6.29. The molecule has 2 aromatic heterocycles. The molecule has 0 aliphatic carbocycles. The molecule has 0 atom stereocenters. The van der Waals surface area contributed by atoms with Crippen molar-refractivity contribution in [1.82, 2.24) is 14.5 Å². The van der Waals surface area contributed by atoms with Crippen molar-refractivity contribution >= 4 is 28.3 Å². The number of nitrogens with zero attached hydrogens (tertiary/aromatic N) is 5. The number of pyridine rings is 2. The quantitative estimate of drug-likeness (QED) is 0.603. The first kappa shape index (κ1) is 20.3. The van der Waals surface area contributed by atoms with Gasteiger partial charge in [0.25, 0.3) is 5.56 Å². The molecule has 1 aliphatic heterocycles. The summed E-state index contributed by atoms with van der Waals surface area (Å²) in [6.07, 6.45) is 0. The van der Waals surface area contributed by atoms with E-state index in [-0.39, 0.29) is 16.9 Å². The number of nitriles is 1. The van der Waals surface area contributed by atoms with Gasteiger partial charge in [0, 0.05) is 45.3 Å². The fourth-order valence-corrected chi connectivity index (χ4v) is 4.12. The molecular weight excluding hydrogens is 405 g/mol. The van der Waals surface area contributed by atoms with Crippen molar-refractivity contribution in [2.24, 2.45) is 7.05 Å². The van der Waals surface area contributed by atoms with E-state index < -0.39 is 0 Å². The van der Waals surface area contributed by atoms with Gasteiger partial charge in [-0.25, -0.2) is 9.37 Å². The van der Waals surface area contributed by atoms with Gasteiger partial charge >= 0.3 is 0 Å². The first-order valence-electron chi connectivity index (χ1n) is 9.70. The Hall–Kier alpha value is -2.95. The maximum Gasteiger partial charge on any atom is 0.270 e. The van der Waals surface area contributed by atoms with Gasteiger partial charge in [-0.3, -0.25) is 9.69 Å². The van der Waals surface area contributed by atoms with E-state index in [0.717, 1.165) is 5.56 Å². The summed E-state index contributed by atoms with van der Waals surface area (Å²) in [5, 5.41) is 9.99. The Morgan fingerprint density at radius 1 is 1.20 bits per heavy atom. The summed E-state index contributed by atoms with van der Waals surface area (Å²) >= 11 is 6.11. The van der Waals surface area contributed by atoms with E-state index in [1.165, 1.54) is 10.6 Å². The van der Waals surface area contributed by atoms with E-state index in [2.05, 4.69) is 16.0 Å². The molecule has 3 aromatic rings. The summed E-state index contributed by atoms with van der Waals surface area (Å²) < 4.78 is 15.6. The van der Waals surface area contributed by atoms with E-state index in [1.807, 2.05) is 17.9 Å². The maximum atomic E-state index is 14.1. The highest BCUT2D eigenvalue weighted by Crippen LogP contribution is 2.29. The van der Waals surface area contributed by atoms with E-state index in [4.69, 9.17) is 11.6 Å². The fourth-order valence-electron chi connectivity index (χ4n) is 3.97. The summed E-state index contributed by atoms with van der Waals surface area (Å²) in [6.45, 7) is 5.01. The second kappa shape index (κ2) is 8.05. The van der Waals surface area contributed by atoms with Crippen molar-refractivity contribution in [1.29, 1.82) is 5.26 Å². The predicted octanol–water partition coefficient (Wildman–Crippen LogP) is 3.23. The van der Waals surface area contributed by atoms with Gasteiger partial charge in [0.05, 0.1) is 11.2 Å². The highest BCUT2D eigenvalue weighted by Gasteiger charge is 2.25. The lowest BCUT2D eigenvalue weighted by molar-refractivity contribution is 0.246. The number of rotatable bonds is 3. The number of aryl methyl sites for hydroxylation is 2. The lowest BCUT2D eigenvalue weighted by Gasteiger charge is -2.36. The van der Waals surface area contributed by atoms with Gasteiger partial charge in [-0.15, -0.1) is 0 Å². The van der Waals surface area contributed by atoms with Crippen molar-refractivity contribution < 1.29 is 4.39 Å². The average Bonchev–Trinajstić information content (AvgIpc) is 2.74. The molecule has 3 heterocycles. The smallest absolute Gasteiger partial charge is 0.270 e. The number of hydrogen-bond acceptors (Lipinski definition) is 5. The number of hydrogen-bond donors (Lipinski definition) is 0. The molecule has 1 saturated heterocycles. The average molecular weight is 426 g/mol. The Kier molecular flexibility index (Phi) is 5.46. The van der Waals surface area contributed by atoms with Crippen molar-refractivity contribution in [2.75, 3.05) is 31.1 Å². The monoisotopic (exact) mass is 425 g/mol. The summed E-state index contributed by atoms with van der Waals surface area (Å²) in [7, 11) is 1.62. The molecule has 0 amide bonds. The summed E-state index contributed by atoms with van der Waals surface area (Å²) in [4.78, 5) is 21.3. The first-order valence-corrected chi connectivity index (χ1v) is 10.1. The molecule has 30 heavy (non-hydrogen) atoms. The molecule has 0 unspecified atom stereocenters. The number of halogens is 2. The molecule has 8 heteroatoms. The number of piperazine rings is 1. The molecule has 4 rings (SSSR count). The Labute approximate surface area is 178 Å². The van der Waals surface area contributed by atoms with E-state index in [9.17, 15) is 14.4 Å². The second-order valence-corrected chi connectivity index (χ2v) is 7.95. The summed E-state index contributed by atoms with van der Waals surface area (Å²) in [5.41, 5.74) is 3.11. The van der Waals surface area contributed by atoms with Crippen molar-refractivity contribution in [2.45, 2.75) is 13.5 Å². The minimum Gasteiger partial charge on any atom is -0.366 e. The van der Waals surface area contributed by atoms with Gasteiger partial charge in [0.15, 0.2) is 0 Å². The summed E-state index contributed by atoms with van der Waals surface area (Å²) in [5.74, 6) is -0.203. The minimum absolute atomic E-state index is 0.0675. The van der Waals surface area contributed by atoms with Crippen LogP contribution in [0.2, 0.25) is 5.15 Å². The lowest BCUT2D eigenvalue weighted by atomic mass is 10.1. The summed E-state index contributed by atoms with van der Waals surface area (Å²) in [6, 6.07) is 10.6. The number of aromatic nitrogens is 2. The van der Waals surface area contributed by atoms with Gasteiger partial charge in [0.2, 0.25) is 0 Å². The third kappa shape index (κ3) is 3.64. The largest absolute Gasteiger partial charge is 0.366 e. The van der Waals surface area contributed by atoms with Crippen molar-refractivity contribution in [3.8, 4) is 6.07 Å². The standard InChI is InChI=1S/C22H21ClFN5O/c1-14-3-4-17(24)15(11-14)13-28-7-9-29(10-8-28)21-16(12-25)22(30)27(2)18-5-6-19(23)26-20(18)21/h3-6,11H,7-10,13H2,1-2H3. The molecule has 154 valence electrons.